The van der Waals surface area contributed by atoms with E-state index in [4.69, 9.17) is 10.8 Å². The van der Waals surface area contributed by atoms with Gasteiger partial charge in [-0.3, -0.25) is 4.79 Å². The Kier molecular flexibility index (Phi) is 5.63. The van der Waals surface area contributed by atoms with Gasteiger partial charge in [-0.2, -0.15) is 0 Å². The number of nitrogens with two attached hydrogens (primary N) is 1. The molecule has 0 aromatic heterocycles. The molecule has 0 spiro atoms. The van der Waals surface area contributed by atoms with Crippen molar-refractivity contribution < 1.29 is 14.3 Å². The van der Waals surface area contributed by atoms with Crippen LogP contribution in [0.1, 0.15) is 24.8 Å². The molecule has 0 heterocycles. The lowest BCUT2D eigenvalue weighted by Crippen LogP contribution is -2.17. The number of unbranched alkanes of at least 4 members (excludes halogenated alkanes) is 1. The number of benzene rings is 1. The quantitative estimate of drug-likeness (QED) is 0.717. The molecular weight excluding hydrogens is 221 g/mol. The first-order chi connectivity index (χ1) is 8.15. The molecular formula is C13H18FNO2. The highest BCUT2D eigenvalue weighted by Gasteiger charge is 2.18. The van der Waals surface area contributed by atoms with Gasteiger partial charge in [-0.25, -0.2) is 4.39 Å². The van der Waals surface area contributed by atoms with Crippen molar-refractivity contribution >= 4 is 5.97 Å². The van der Waals surface area contributed by atoms with E-state index in [0.717, 1.165) is 12.8 Å². The summed E-state index contributed by atoms with van der Waals surface area (Å²) < 4.78 is 13.4. The first kappa shape index (κ1) is 13.6. The zero-order chi connectivity index (χ0) is 12.7. The highest BCUT2D eigenvalue weighted by atomic mass is 19.1. The van der Waals surface area contributed by atoms with Crippen LogP contribution in [0.3, 0.4) is 0 Å². The molecule has 1 unspecified atom stereocenters. The largest absolute Gasteiger partial charge is 0.481 e. The van der Waals surface area contributed by atoms with Crippen LogP contribution in [0.5, 0.6) is 0 Å². The predicted molar refractivity (Wildman–Crippen MR) is 64.1 cm³/mol. The van der Waals surface area contributed by atoms with Gasteiger partial charge in [0.05, 0.1) is 5.92 Å². The number of aliphatic carboxylic acids is 1. The van der Waals surface area contributed by atoms with Crippen LogP contribution in [-0.4, -0.2) is 17.6 Å². The molecule has 1 aromatic rings. The fourth-order valence-electron chi connectivity index (χ4n) is 1.78. The van der Waals surface area contributed by atoms with E-state index < -0.39 is 11.9 Å². The average Bonchev–Trinajstić information content (AvgIpc) is 2.30. The molecule has 0 fully saturated rings. The molecule has 1 aromatic carbocycles. The maximum atomic E-state index is 13.4. The standard InChI is InChI=1S/C13H18FNO2/c14-12-7-2-1-5-10(12)9-11(13(16)17)6-3-4-8-15/h1-2,5,7,11H,3-4,6,8-9,15H2,(H,16,17). The number of rotatable bonds is 7. The van der Waals surface area contributed by atoms with Gasteiger partial charge < -0.3 is 10.8 Å². The van der Waals surface area contributed by atoms with Crippen molar-refractivity contribution in [1.29, 1.82) is 0 Å². The van der Waals surface area contributed by atoms with Gasteiger partial charge in [0.1, 0.15) is 5.82 Å². The lowest BCUT2D eigenvalue weighted by Gasteiger charge is -2.12. The normalized spacial score (nSPS) is 12.4. The predicted octanol–water partition coefficient (Wildman–Crippen LogP) is 2.20. The SMILES string of the molecule is NCCCCC(Cc1ccccc1F)C(=O)O. The van der Waals surface area contributed by atoms with E-state index in [0.29, 0.717) is 18.5 Å². The van der Waals surface area contributed by atoms with Crippen LogP contribution in [0.4, 0.5) is 4.39 Å². The first-order valence-electron chi connectivity index (χ1n) is 5.81. The molecule has 1 rings (SSSR count). The summed E-state index contributed by atoms with van der Waals surface area (Å²) >= 11 is 0. The van der Waals surface area contributed by atoms with E-state index in [2.05, 4.69) is 0 Å². The summed E-state index contributed by atoms with van der Waals surface area (Å²) in [6, 6.07) is 6.31. The van der Waals surface area contributed by atoms with Crippen LogP contribution in [-0.2, 0) is 11.2 Å². The van der Waals surface area contributed by atoms with Crippen LogP contribution in [0.25, 0.3) is 0 Å². The van der Waals surface area contributed by atoms with E-state index in [1.54, 1.807) is 18.2 Å². The highest BCUT2D eigenvalue weighted by Crippen LogP contribution is 2.17. The summed E-state index contributed by atoms with van der Waals surface area (Å²) in [5.74, 6) is -1.73. The number of halogens is 1. The van der Waals surface area contributed by atoms with Crippen molar-refractivity contribution in [3.05, 3.63) is 35.6 Å². The van der Waals surface area contributed by atoms with Gasteiger partial charge in [0.25, 0.3) is 0 Å². The molecule has 0 aliphatic carbocycles. The molecule has 0 bridgehead atoms. The van der Waals surface area contributed by atoms with Crippen molar-refractivity contribution in [2.75, 3.05) is 6.54 Å². The minimum atomic E-state index is -0.870. The summed E-state index contributed by atoms with van der Waals surface area (Å²) in [7, 11) is 0. The Bertz CT molecular complexity index is 368. The Labute approximate surface area is 100 Å². The molecule has 0 radical (unpaired) electrons. The molecule has 3 nitrogen and oxygen atoms in total. The molecule has 0 saturated carbocycles. The lowest BCUT2D eigenvalue weighted by atomic mass is 9.94. The second-order valence-corrected chi connectivity index (χ2v) is 4.12. The van der Waals surface area contributed by atoms with Crippen molar-refractivity contribution in [1.82, 2.24) is 0 Å². The monoisotopic (exact) mass is 239 g/mol. The Balaban J connectivity index is 2.61. The number of hydrogen-bond acceptors (Lipinski definition) is 2. The molecule has 0 aliphatic heterocycles. The number of carboxylic acid groups (broad SMARTS) is 1. The van der Waals surface area contributed by atoms with Crippen molar-refractivity contribution in [3.63, 3.8) is 0 Å². The molecule has 0 aliphatic rings. The summed E-state index contributed by atoms with van der Waals surface area (Å²) in [6.45, 7) is 0.562. The summed E-state index contributed by atoms with van der Waals surface area (Å²) in [6.07, 6.45) is 2.36. The zero-order valence-corrected chi connectivity index (χ0v) is 9.73. The Morgan fingerprint density at radius 1 is 1.35 bits per heavy atom. The third-order valence-corrected chi connectivity index (χ3v) is 2.78. The van der Waals surface area contributed by atoms with Crippen LogP contribution in [0, 0.1) is 11.7 Å². The minimum absolute atomic E-state index is 0.243. The van der Waals surface area contributed by atoms with Gasteiger partial charge in [0.15, 0.2) is 0 Å². The fourth-order valence-corrected chi connectivity index (χ4v) is 1.78. The van der Waals surface area contributed by atoms with Crippen LogP contribution in [0.2, 0.25) is 0 Å². The van der Waals surface area contributed by atoms with Crippen molar-refractivity contribution in [2.24, 2.45) is 11.7 Å². The third-order valence-electron chi connectivity index (χ3n) is 2.78. The van der Waals surface area contributed by atoms with E-state index >= 15 is 0 Å². The Hall–Kier alpha value is -1.42. The smallest absolute Gasteiger partial charge is 0.306 e. The van der Waals surface area contributed by atoms with Gasteiger partial charge >= 0.3 is 5.97 Å². The number of carboxylic acids is 1. The zero-order valence-electron chi connectivity index (χ0n) is 9.73. The van der Waals surface area contributed by atoms with Gasteiger partial charge in [0.2, 0.25) is 0 Å². The average molecular weight is 239 g/mol. The second kappa shape index (κ2) is 7.01. The summed E-state index contributed by atoms with van der Waals surface area (Å²) in [5.41, 5.74) is 5.83. The number of carbonyl (C=O) groups is 1. The summed E-state index contributed by atoms with van der Waals surface area (Å²) in [4.78, 5) is 11.1. The van der Waals surface area contributed by atoms with Gasteiger partial charge in [-0.05, 0) is 37.4 Å². The summed E-state index contributed by atoms with van der Waals surface area (Å²) in [5, 5.41) is 9.07. The Morgan fingerprint density at radius 2 is 2.06 bits per heavy atom. The molecule has 0 amide bonds. The minimum Gasteiger partial charge on any atom is -0.481 e. The molecule has 94 valence electrons. The molecule has 17 heavy (non-hydrogen) atoms. The van der Waals surface area contributed by atoms with Crippen LogP contribution < -0.4 is 5.73 Å². The van der Waals surface area contributed by atoms with Gasteiger partial charge in [0, 0.05) is 0 Å². The lowest BCUT2D eigenvalue weighted by molar-refractivity contribution is -0.142. The van der Waals surface area contributed by atoms with Crippen molar-refractivity contribution in [2.45, 2.75) is 25.7 Å². The van der Waals surface area contributed by atoms with Crippen LogP contribution >= 0.6 is 0 Å². The molecule has 1 atom stereocenters. The topological polar surface area (TPSA) is 63.3 Å². The van der Waals surface area contributed by atoms with E-state index in [9.17, 15) is 9.18 Å². The van der Waals surface area contributed by atoms with Crippen LogP contribution in [0.15, 0.2) is 24.3 Å². The molecule has 0 saturated heterocycles. The highest BCUT2D eigenvalue weighted by molar-refractivity contribution is 5.70. The third kappa shape index (κ3) is 4.53. The number of hydrogen-bond donors (Lipinski definition) is 2. The maximum absolute atomic E-state index is 13.4. The van der Waals surface area contributed by atoms with Crippen molar-refractivity contribution in [3.8, 4) is 0 Å². The van der Waals surface area contributed by atoms with Gasteiger partial charge in [-0.15, -0.1) is 0 Å². The first-order valence-corrected chi connectivity index (χ1v) is 5.81. The second-order valence-electron chi connectivity index (χ2n) is 4.12. The Morgan fingerprint density at radius 3 is 2.65 bits per heavy atom. The fraction of sp³-hybridized carbons (Fsp3) is 0.462. The maximum Gasteiger partial charge on any atom is 0.306 e. The van der Waals surface area contributed by atoms with E-state index in [1.807, 2.05) is 0 Å². The van der Waals surface area contributed by atoms with E-state index in [-0.39, 0.29) is 12.2 Å². The van der Waals surface area contributed by atoms with E-state index in [1.165, 1.54) is 6.07 Å². The molecule has 4 heteroatoms. The molecule has 3 N–H and O–H groups in total. The van der Waals surface area contributed by atoms with Gasteiger partial charge in [-0.1, -0.05) is 24.6 Å².